The quantitative estimate of drug-likeness (QED) is 0.896. The van der Waals surface area contributed by atoms with Crippen LogP contribution in [0.4, 0.5) is 0 Å². The SMILES string of the molecule is O=C(O)c1cccc(Cn2cc(Cl)cnc2=O)n1. The van der Waals surface area contributed by atoms with Gasteiger partial charge in [0, 0.05) is 6.20 Å². The number of hydrogen-bond donors (Lipinski definition) is 1. The number of carboxylic acid groups (broad SMARTS) is 1. The molecule has 2 aromatic rings. The van der Waals surface area contributed by atoms with Gasteiger partial charge < -0.3 is 5.11 Å². The minimum absolute atomic E-state index is 0.0736. The first kappa shape index (κ1) is 12.3. The van der Waals surface area contributed by atoms with E-state index in [1.807, 2.05) is 0 Å². The Bertz CT molecular complexity index is 654. The Kier molecular flexibility index (Phi) is 3.38. The van der Waals surface area contributed by atoms with Gasteiger partial charge in [-0.15, -0.1) is 0 Å². The van der Waals surface area contributed by atoms with Gasteiger partial charge in [0.25, 0.3) is 0 Å². The van der Waals surface area contributed by atoms with Crippen LogP contribution in [0.1, 0.15) is 16.2 Å². The third-order valence-electron chi connectivity index (χ3n) is 2.18. The van der Waals surface area contributed by atoms with E-state index in [2.05, 4.69) is 9.97 Å². The zero-order chi connectivity index (χ0) is 13.1. The summed E-state index contributed by atoms with van der Waals surface area (Å²) in [5, 5.41) is 9.13. The molecule has 0 spiro atoms. The van der Waals surface area contributed by atoms with Crippen LogP contribution in [-0.2, 0) is 6.54 Å². The number of aromatic nitrogens is 3. The van der Waals surface area contributed by atoms with E-state index < -0.39 is 11.7 Å². The van der Waals surface area contributed by atoms with E-state index in [0.29, 0.717) is 10.7 Å². The number of carbonyl (C=O) groups is 1. The molecule has 2 rings (SSSR count). The second kappa shape index (κ2) is 4.97. The summed E-state index contributed by atoms with van der Waals surface area (Å²) in [4.78, 5) is 29.7. The number of aromatic carboxylic acids is 1. The fourth-order valence-electron chi connectivity index (χ4n) is 1.40. The first-order valence-electron chi connectivity index (χ1n) is 4.97. The van der Waals surface area contributed by atoms with Crippen LogP contribution in [-0.4, -0.2) is 25.6 Å². The van der Waals surface area contributed by atoms with E-state index in [1.165, 1.54) is 23.0 Å². The molecule has 18 heavy (non-hydrogen) atoms. The fourth-order valence-corrected chi connectivity index (χ4v) is 1.57. The monoisotopic (exact) mass is 265 g/mol. The second-order valence-corrected chi connectivity index (χ2v) is 3.94. The molecule has 0 amide bonds. The van der Waals surface area contributed by atoms with Gasteiger partial charge in [-0.2, -0.15) is 0 Å². The van der Waals surface area contributed by atoms with E-state index in [1.54, 1.807) is 12.1 Å². The van der Waals surface area contributed by atoms with Crippen LogP contribution in [0.5, 0.6) is 0 Å². The van der Waals surface area contributed by atoms with Crippen LogP contribution >= 0.6 is 11.6 Å². The topological polar surface area (TPSA) is 85.1 Å². The molecular formula is C11H8ClN3O3. The van der Waals surface area contributed by atoms with Crippen LogP contribution in [0.2, 0.25) is 5.02 Å². The molecule has 0 aliphatic rings. The second-order valence-electron chi connectivity index (χ2n) is 3.50. The predicted octanol–water partition coefficient (Wildman–Crippen LogP) is 1.04. The molecule has 1 N–H and O–H groups in total. The Morgan fingerprint density at radius 3 is 2.94 bits per heavy atom. The molecule has 2 aromatic heterocycles. The van der Waals surface area contributed by atoms with E-state index in [0.717, 1.165) is 0 Å². The lowest BCUT2D eigenvalue weighted by atomic mass is 10.3. The van der Waals surface area contributed by atoms with E-state index in [-0.39, 0.29) is 12.2 Å². The van der Waals surface area contributed by atoms with Gasteiger partial charge in [0.1, 0.15) is 5.69 Å². The Morgan fingerprint density at radius 1 is 1.44 bits per heavy atom. The van der Waals surface area contributed by atoms with Gasteiger partial charge in [-0.1, -0.05) is 17.7 Å². The lowest BCUT2D eigenvalue weighted by molar-refractivity contribution is 0.0690. The summed E-state index contributed by atoms with van der Waals surface area (Å²) >= 11 is 5.73. The highest BCUT2D eigenvalue weighted by molar-refractivity contribution is 6.30. The van der Waals surface area contributed by atoms with Crippen LogP contribution in [0, 0.1) is 0 Å². The van der Waals surface area contributed by atoms with Crippen molar-refractivity contribution in [1.82, 2.24) is 14.5 Å². The Hall–Kier alpha value is -2.21. The molecule has 0 atom stereocenters. The summed E-state index contributed by atoms with van der Waals surface area (Å²) in [6, 6.07) is 4.57. The van der Waals surface area contributed by atoms with E-state index >= 15 is 0 Å². The maximum atomic E-state index is 11.4. The Balaban J connectivity index is 2.34. The molecular weight excluding hydrogens is 258 g/mol. The van der Waals surface area contributed by atoms with Gasteiger partial charge in [-0.05, 0) is 12.1 Å². The first-order valence-corrected chi connectivity index (χ1v) is 5.35. The zero-order valence-corrected chi connectivity index (χ0v) is 9.83. The molecule has 0 fully saturated rings. The summed E-state index contributed by atoms with van der Waals surface area (Å²) in [7, 11) is 0. The summed E-state index contributed by atoms with van der Waals surface area (Å²) in [5.41, 5.74) is -0.0986. The standard InChI is InChI=1S/C11H8ClN3O3/c12-7-4-13-11(18)15(5-7)6-8-2-1-3-9(14-8)10(16)17/h1-5H,6H2,(H,16,17). The van der Waals surface area contributed by atoms with Crippen molar-refractivity contribution in [2.75, 3.05) is 0 Å². The first-order chi connectivity index (χ1) is 8.56. The van der Waals surface area contributed by atoms with Crippen molar-refractivity contribution < 1.29 is 9.90 Å². The minimum Gasteiger partial charge on any atom is -0.477 e. The molecule has 6 nitrogen and oxygen atoms in total. The van der Waals surface area contributed by atoms with Gasteiger partial charge in [0.2, 0.25) is 0 Å². The molecule has 0 bridgehead atoms. The summed E-state index contributed by atoms with van der Waals surface area (Å²) in [6.07, 6.45) is 2.67. The Labute approximate surface area is 107 Å². The molecule has 0 unspecified atom stereocenters. The van der Waals surface area contributed by atoms with Crippen LogP contribution in [0.3, 0.4) is 0 Å². The van der Waals surface area contributed by atoms with Crippen molar-refractivity contribution in [3.8, 4) is 0 Å². The summed E-state index contributed by atoms with van der Waals surface area (Å²) < 4.78 is 1.26. The maximum Gasteiger partial charge on any atom is 0.354 e. The number of nitrogens with zero attached hydrogens (tertiary/aromatic N) is 3. The zero-order valence-electron chi connectivity index (χ0n) is 9.08. The maximum absolute atomic E-state index is 11.4. The number of carboxylic acids is 1. The van der Waals surface area contributed by atoms with Gasteiger partial charge in [0.05, 0.1) is 23.5 Å². The number of pyridine rings is 1. The smallest absolute Gasteiger partial charge is 0.354 e. The van der Waals surface area contributed by atoms with Gasteiger partial charge >= 0.3 is 11.7 Å². The molecule has 0 aliphatic carbocycles. The van der Waals surface area contributed by atoms with Crippen molar-refractivity contribution >= 4 is 17.6 Å². The van der Waals surface area contributed by atoms with Crippen LogP contribution in [0.25, 0.3) is 0 Å². The van der Waals surface area contributed by atoms with Crippen molar-refractivity contribution in [3.05, 3.63) is 57.5 Å². The molecule has 2 heterocycles. The number of rotatable bonds is 3. The highest BCUT2D eigenvalue weighted by Gasteiger charge is 2.06. The average molecular weight is 266 g/mol. The lowest BCUT2D eigenvalue weighted by Crippen LogP contribution is -2.23. The van der Waals surface area contributed by atoms with Gasteiger partial charge in [-0.3, -0.25) is 4.57 Å². The average Bonchev–Trinajstić information content (AvgIpc) is 2.34. The molecule has 0 aromatic carbocycles. The summed E-state index contributed by atoms with van der Waals surface area (Å²) in [6.45, 7) is 0.119. The number of hydrogen-bond acceptors (Lipinski definition) is 4. The molecule has 0 saturated heterocycles. The molecule has 0 aliphatic heterocycles. The third kappa shape index (κ3) is 2.72. The van der Waals surface area contributed by atoms with Crippen LogP contribution in [0.15, 0.2) is 35.4 Å². The molecule has 92 valence electrons. The minimum atomic E-state index is -1.12. The van der Waals surface area contributed by atoms with E-state index in [9.17, 15) is 9.59 Å². The van der Waals surface area contributed by atoms with Gasteiger partial charge in [-0.25, -0.2) is 19.6 Å². The van der Waals surface area contributed by atoms with Crippen LogP contribution < -0.4 is 5.69 Å². The normalized spacial score (nSPS) is 10.3. The van der Waals surface area contributed by atoms with Crippen molar-refractivity contribution in [3.63, 3.8) is 0 Å². The number of halogens is 1. The Morgan fingerprint density at radius 2 is 2.22 bits per heavy atom. The predicted molar refractivity (Wildman–Crippen MR) is 63.8 cm³/mol. The third-order valence-corrected chi connectivity index (χ3v) is 2.38. The highest BCUT2D eigenvalue weighted by atomic mass is 35.5. The van der Waals surface area contributed by atoms with Crippen molar-refractivity contribution in [2.24, 2.45) is 0 Å². The van der Waals surface area contributed by atoms with Gasteiger partial charge in [0.15, 0.2) is 0 Å². The summed E-state index contributed by atoms with van der Waals surface area (Å²) in [5.74, 6) is -1.12. The molecule has 7 heteroatoms. The van der Waals surface area contributed by atoms with Crippen molar-refractivity contribution in [2.45, 2.75) is 6.54 Å². The fraction of sp³-hybridized carbons (Fsp3) is 0.0909. The van der Waals surface area contributed by atoms with E-state index in [4.69, 9.17) is 16.7 Å². The largest absolute Gasteiger partial charge is 0.477 e. The molecule has 0 radical (unpaired) electrons. The molecule has 0 saturated carbocycles. The van der Waals surface area contributed by atoms with Crippen molar-refractivity contribution in [1.29, 1.82) is 0 Å². The highest BCUT2D eigenvalue weighted by Crippen LogP contribution is 2.05. The lowest BCUT2D eigenvalue weighted by Gasteiger charge is -2.05.